The Morgan fingerprint density at radius 3 is 2.41 bits per heavy atom. The molecule has 1 N–H and O–H groups in total. The molecule has 0 bridgehead atoms. The van der Waals surface area contributed by atoms with Gasteiger partial charge < -0.3 is 29.5 Å². The Balaban J connectivity index is 1.31. The Morgan fingerprint density at radius 2 is 1.74 bits per heavy atom. The van der Waals surface area contributed by atoms with Crippen molar-refractivity contribution in [2.24, 2.45) is 0 Å². The van der Waals surface area contributed by atoms with Crippen LogP contribution in [0.3, 0.4) is 0 Å². The maximum Gasteiger partial charge on any atom is 0.292 e. The van der Waals surface area contributed by atoms with Crippen LogP contribution >= 0.6 is 12.2 Å². The number of hydrogen-bond acceptors (Lipinski definition) is 8. The molecule has 180 valence electrons. The molecular formula is C23H27N5O5S. The lowest BCUT2D eigenvalue weighted by atomic mass is 10.1. The minimum Gasteiger partial charge on any atom is -0.484 e. The molecule has 2 heterocycles. The van der Waals surface area contributed by atoms with Crippen molar-refractivity contribution in [3.8, 4) is 5.75 Å². The number of nitrogens with one attached hydrogen (secondary N) is 1. The highest BCUT2D eigenvalue weighted by atomic mass is 32.1. The van der Waals surface area contributed by atoms with E-state index in [1.165, 1.54) is 0 Å². The van der Waals surface area contributed by atoms with E-state index in [0.717, 1.165) is 5.69 Å². The van der Waals surface area contributed by atoms with E-state index in [2.05, 4.69) is 10.2 Å². The van der Waals surface area contributed by atoms with E-state index >= 15 is 0 Å². The van der Waals surface area contributed by atoms with Gasteiger partial charge in [0.05, 0.1) is 18.1 Å². The number of carbonyl (C=O) groups is 1. The van der Waals surface area contributed by atoms with E-state index in [1.807, 2.05) is 34.1 Å². The zero-order valence-electron chi connectivity index (χ0n) is 18.7. The van der Waals surface area contributed by atoms with E-state index in [0.29, 0.717) is 69.0 Å². The number of nitro groups is 1. The third-order valence-electron chi connectivity index (χ3n) is 5.80. The Morgan fingerprint density at radius 1 is 1.03 bits per heavy atom. The molecule has 0 aromatic heterocycles. The zero-order valence-corrected chi connectivity index (χ0v) is 19.5. The summed E-state index contributed by atoms with van der Waals surface area (Å²) in [7, 11) is 0. The topological polar surface area (TPSA) is 100 Å². The molecule has 0 spiro atoms. The van der Waals surface area contributed by atoms with Crippen molar-refractivity contribution >= 4 is 40.3 Å². The number of nitrogens with zero attached hydrogens (tertiary/aromatic N) is 4. The summed E-state index contributed by atoms with van der Waals surface area (Å²) in [5.41, 5.74) is 1.65. The molecule has 2 aliphatic heterocycles. The molecule has 4 rings (SSSR count). The maximum absolute atomic E-state index is 12.2. The predicted octanol–water partition coefficient (Wildman–Crippen LogP) is 2.03. The van der Waals surface area contributed by atoms with Gasteiger partial charge >= 0.3 is 0 Å². The highest BCUT2D eigenvalue weighted by Gasteiger charge is 2.25. The summed E-state index contributed by atoms with van der Waals surface area (Å²) < 4.78 is 10.9. The van der Waals surface area contributed by atoms with Gasteiger partial charge in [-0.2, -0.15) is 0 Å². The first-order chi connectivity index (χ1) is 16.5. The second-order valence-electron chi connectivity index (χ2n) is 7.96. The number of para-hydroxylation sites is 1. The number of thiocarbonyl (C=S) groups is 1. The van der Waals surface area contributed by atoms with Crippen LogP contribution in [0, 0.1) is 10.1 Å². The molecule has 2 saturated heterocycles. The number of hydrogen-bond donors (Lipinski definition) is 1. The number of amides is 1. The molecule has 0 saturated carbocycles. The van der Waals surface area contributed by atoms with Crippen LogP contribution in [0.4, 0.5) is 17.1 Å². The Bertz CT molecular complexity index is 1020. The fourth-order valence-electron chi connectivity index (χ4n) is 3.99. The van der Waals surface area contributed by atoms with E-state index in [-0.39, 0.29) is 23.1 Å². The summed E-state index contributed by atoms with van der Waals surface area (Å²) in [5.74, 6) is 0.318. The van der Waals surface area contributed by atoms with Gasteiger partial charge in [0.2, 0.25) is 0 Å². The molecule has 34 heavy (non-hydrogen) atoms. The SMILES string of the molecule is O=C(COc1ccccc1)NC(=S)N1CCN(c2ccc([N+](=O)[O-])c(N3CCOCC3)c2)CC1. The fraction of sp³-hybridized carbons (Fsp3) is 0.391. The molecule has 0 radical (unpaired) electrons. The van der Waals surface area contributed by atoms with Crippen LogP contribution in [-0.2, 0) is 9.53 Å². The fourth-order valence-corrected chi connectivity index (χ4v) is 4.28. The summed E-state index contributed by atoms with van der Waals surface area (Å²) in [6, 6.07) is 14.4. The number of morpholine rings is 1. The minimum absolute atomic E-state index is 0.103. The number of anilines is 2. The van der Waals surface area contributed by atoms with Gasteiger partial charge in [-0.25, -0.2) is 0 Å². The number of carbonyl (C=O) groups excluding carboxylic acids is 1. The lowest BCUT2D eigenvalue weighted by Gasteiger charge is -2.37. The lowest BCUT2D eigenvalue weighted by Crippen LogP contribution is -2.53. The largest absolute Gasteiger partial charge is 0.484 e. The van der Waals surface area contributed by atoms with Crippen molar-refractivity contribution in [2.45, 2.75) is 0 Å². The van der Waals surface area contributed by atoms with Gasteiger partial charge in [-0.1, -0.05) is 18.2 Å². The number of piperazine rings is 1. The second kappa shape index (κ2) is 11.1. The first-order valence-corrected chi connectivity index (χ1v) is 11.5. The van der Waals surface area contributed by atoms with Crippen molar-refractivity contribution in [2.75, 3.05) is 68.9 Å². The monoisotopic (exact) mass is 485 g/mol. The van der Waals surface area contributed by atoms with Crippen LogP contribution in [0.2, 0.25) is 0 Å². The molecule has 0 atom stereocenters. The standard InChI is InChI=1S/C23H27N5O5S/c29-22(17-33-19-4-2-1-3-5-19)24-23(34)27-10-8-25(9-11-27)18-6-7-20(28(30)31)21(16-18)26-12-14-32-15-13-26/h1-7,16H,8-15,17H2,(H,24,29,34). The molecule has 2 aromatic carbocycles. The van der Waals surface area contributed by atoms with Crippen molar-refractivity contribution in [3.05, 3.63) is 58.6 Å². The van der Waals surface area contributed by atoms with E-state index in [4.69, 9.17) is 21.7 Å². The van der Waals surface area contributed by atoms with Gasteiger partial charge in [-0.15, -0.1) is 0 Å². The summed E-state index contributed by atoms with van der Waals surface area (Å²) in [5, 5.41) is 14.7. The molecule has 2 aromatic rings. The predicted molar refractivity (Wildman–Crippen MR) is 133 cm³/mol. The van der Waals surface area contributed by atoms with Crippen molar-refractivity contribution in [1.82, 2.24) is 10.2 Å². The molecule has 1 amide bonds. The Kier molecular flexibility index (Phi) is 7.76. The third kappa shape index (κ3) is 5.91. The van der Waals surface area contributed by atoms with Crippen LogP contribution in [0.1, 0.15) is 0 Å². The van der Waals surface area contributed by atoms with Crippen LogP contribution in [-0.4, -0.2) is 79.9 Å². The highest BCUT2D eigenvalue weighted by molar-refractivity contribution is 7.80. The summed E-state index contributed by atoms with van der Waals surface area (Å²) in [6.07, 6.45) is 0. The third-order valence-corrected chi connectivity index (χ3v) is 6.16. The first kappa shape index (κ1) is 23.7. The minimum atomic E-state index is -0.338. The molecule has 0 unspecified atom stereocenters. The van der Waals surface area contributed by atoms with Gasteiger partial charge in [-0.05, 0) is 36.5 Å². The van der Waals surface area contributed by atoms with Crippen molar-refractivity contribution in [1.29, 1.82) is 0 Å². The second-order valence-corrected chi connectivity index (χ2v) is 8.35. The first-order valence-electron chi connectivity index (χ1n) is 11.1. The van der Waals surface area contributed by atoms with Gasteiger partial charge in [0, 0.05) is 51.0 Å². The van der Waals surface area contributed by atoms with Crippen LogP contribution in [0.5, 0.6) is 5.75 Å². The Hall–Kier alpha value is -3.44. The average Bonchev–Trinajstić information content (AvgIpc) is 2.88. The van der Waals surface area contributed by atoms with Gasteiger partial charge in [0.25, 0.3) is 11.6 Å². The number of rotatable bonds is 6. The maximum atomic E-state index is 12.2. The van der Waals surface area contributed by atoms with Crippen molar-refractivity contribution < 1.29 is 19.2 Å². The van der Waals surface area contributed by atoms with Crippen molar-refractivity contribution in [3.63, 3.8) is 0 Å². The van der Waals surface area contributed by atoms with Gasteiger partial charge in [-0.3, -0.25) is 14.9 Å². The molecule has 2 fully saturated rings. The molecule has 10 nitrogen and oxygen atoms in total. The lowest BCUT2D eigenvalue weighted by molar-refractivity contribution is -0.384. The molecule has 11 heteroatoms. The number of ether oxygens (including phenoxy) is 2. The summed E-state index contributed by atoms with van der Waals surface area (Å²) in [6.45, 7) is 4.86. The molecule has 0 aliphatic carbocycles. The van der Waals surface area contributed by atoms with Crippen LogP contribution < -0.4 is 19.9 Å². The number of benzene rings is 2. The summed E-state index contributed by atoms with van der Waals surface area (Å²) in [4.78, 5) is 29.5. The van der Waals surface area contributed by atoms with Gasteiger partial charge in [0.15, 0.2) is 11.7 Å². The van der Waals surface area contributed by atoms with Crippen LogP contribution in [0.15, 0.2) is 48.5 Å². The quantitative estimate of drug-likeness (QED) is 0.374. The normalized spacial score (nSPS) is 16.2. The number of nitro benzene ring substituents is 1. The smallest absolute Gasteiger partial charge is 0.292 e. The van der Waals surface area contributed by atoms with Crippen LogP contribution in [0.25, 0.3) is 0 Å². The van der Waals surface area contributed by atoms with E-state index < -0.39 is 0 Å². The summed E-state index contributed by atoms with van der Waals surface area (Å²) >= 11 is 5.41. The zero-order chi connectivity index (χ0) is 23.9. The van der Waals surface area contributed by atoms with E-state index in [1.54, 1.807) is 24.3 Å². The average molecular weight is 486 g/mol. The van der Waals surface area contributed by atoms with Gasteiger partial charge in [0.1, 0.15) is 11.4 Å². The molecular weight excluding hydrogens is 458 g/mol. The van der Waals surface area contributed by atoms with E-state index in [9.17, 15) is 14.9 Å². The molecule has 2 aliphatic rings. The Labute approximate surface area is 203 Å². The highest BCUT2D eigenvalue weighted by Crippen LogP contribution is 2.33.